The molecule has 6 nitrogen and oxygen atoms in total. The van der Waals surface area contributed by atoms with Gasteiger partial charge in [-0.25, -0.2) is 9.69 Å². The zero-order chi connectivity index (χ0) is 22.9. The molecule has 5 aliphatic rings. The number of Topliss-reactive ketones (excluding diaryl/α,β-unsaturated/α-hetero) is 1. The van der Waals surface area contributed by atoms with Gasteiger partial charge in [-0.1, -0.05) is 48.6 Å². The maximum Gasteiger partial charge on any atom is 0.338 e. The molecular weight excluding hydrogens is 418 g/mol. The van der Waals surface area contributed by atoms with Crippen LogP contribution in [0, 0.1) is 35.5 Å². The van der Waals surface area contributed by atoms with Crippen molar-refractivity contribution in [1.29, 1.82) is 0 Å². The van der Waals surface area contributed by atoms with Gasteiger partial charge in [0.15, 0.2) is 6.10 Å². The highest BCUT2D eigenvalue weighted by atomic mass is 16.5. The number of ketones is 1. The molecule has 6 heteroatoms. The Morgan fingerprint density at radius 1 is 0.879 bits per heavy atom. The topological polar surface area (TPSA) is 80.8 Å². The Bertz CT molecular complexity index is 1180. The third kappa shape index (κ3) is 3.00. The lowest BCUT2D eigenvalue weighted by molar-refractivity contribution is -0.124. The number of ether oxygens (including phenoxy) is 1. The summed E-state index contributed by atoms with van der Waals surface area (Å²) in [5.41, 5.74) is 1.03. The number of benzene rings is 2. The van der Waals surface area contributed by atoms with Crippen molar-refractivity contribution in [1.82, 2.24) is 0 Å². The van der Waals surface area contributed by atoms with Crippen molar-refractivity contribution >= 4 is 29.3 Å². The molecule has 1 aliphatic heterocycles. The molecule has 3 fully saturated rings. The lowest BCUT2D eigenvalue weighted by Crippen LogP contribution is -2.40. The molecule has 1 saturated heterocycles. The number of esters is 1. The van der Waals surface area contributed by atoms with E-state index in [0.29, 0.717) is 23.1 Å². The number of hydrogen-bond acceptors (Lipinski definition) is 5. The largest absolute Gasteiger partial charge is 0.451 e. The van der Waals surface area contributed by atoms with Crippen LogP contribution in [0.4, 0.5) is 5.69 Å². The van der Waals surface area contributed by atoms with Crippen LogP contribution in [0.3, 0.4) is 0 Å². The van der Waals surface area contributed by atoms with Gasteiger partial charge >= 0.3 is 5.97 Å². The van der Waals surface area contributed by atoms with Gasteiger partial charge in [-0.05, 0) is 55.2 Å². The normalized spacial score (nSPS) is 31.7. The fourth-order valence-corrected chi connectivity index (χ4v) is 6.10. The van der Waals surface area contributed by atoms with E-state index in [1.807, 2.05) is 0 Å². The Hall–Kier alpha value is -3.54. The molecule has 0 radical (unpaired) electrons. The van der Waals surface area contributed by atoms with Gasteiger partial charge in [-0.3, -0.25) is 14.4 Å². The summed E-state index contributed by atoms with van der Waals surface area (Å²) in [6.45, 7) is 1.53. The summed E-state index contributed by atoms with van der Waals surface area (Å²) >= 11 is 0. The zero-order valence-corrected chi connectivity index (χ0v) is 18.1. The number of carbonyl (C=O) groups excluding carboxylic acids is 4. The first-order valence-electron chi connectivity index (χ1n) is 11.4. The summed E-state index contributed by atoms with van der Waals surface area (Å²) < 4.78 is 5.40. The van der Waals surface area contributed by atoms with E-state index in [-0.39, 0.29) is 46.8 Å². The van der Waals surface area contributed by atoms with Gasteiger partial charge in [0.05, 0.1) is 23.1 Å². The van der Waals surface area contributed by atoms with Crippen molar-refractivity contribution in [3.63, 3.8) is 0 Å². The number of carbonyl (C=O) groups is 4. The molecule has 2 saturated carbocycles. The van der Waals surface area contributed by atoms with E-state index in [4.69, 9.17) is 4.74 Å². The molecule has 0 aromatic heterocycles. The first kappa shape index (κ1) is 20.1. The molecule has 2 amide bonds. The summed E-state index contributed by atoms with van der Waals surface area (Å²) in [5, 5.41) is 0. The highest BCUT2D eigenvalue weighted by Crippen LogP contribution is 2.65. The summed E-state index contributed by atoms with van der Waals surface area (Å²) in [4.78, 5) is 53.2. The van der Waals surface area contributed by atoms with Gasteiger partial charge in [0.1, 0.15) is 0 Å². The van der Waals surface area contributed by atoms with Crippen molar-refractivity contribution in [2.75, 3.05) is 4.90 Å². The van der Waals surface area contributed by atoms with Gasteiger partial charge in [0.25, 0.3) is 0 Å². The highest BCUT2D eigenvalue weighted by molar-refractivity contribution is 6.23. The molecule has 4 aliphatic carbocycles. The number of imide groups is 1. The van der Waals surface area contributed by atoms with Crippen LogP contribution >= 0.6 is 0 Å². The SMILES string of the molecule is C[C@@H](OC(=O)c1cccc(N2C(=O)[C@H]3[C@@H]4C=C[C@H]([C@H]5C[C@H]45)[C@@H]3C2=O)c1)C(=O)c1ccccc1. The standard InChI is InChI=1S/C27H23NO5/c1-14(24(29)15-6-3-2-4-7-15)33-27(32)16-8-5-9-17(12-16)28-25(30)22-18-10-11-19(21-13-20(18)21)23(22)26(28)31/h2-12,14,18-23H,13H2,1H3/t14-,18-,19-,20-,21-,22+,23+/m1/s1. The molecule has 166 valence electrons. The first-order chi connectivity index (χ1) is 16.0. The second-order valence-electron chi connectivity index (χ2n) is 9.49. The number of nitrogens with zero attached hydrogens (tertiary/aromatic N) is 1. The number of anilines is 1. The van der Waals surface area contributed by atoms with E-state index in [2.05, 4.69) is 12.2 Å². The predicted octanol–water partition coefficient (Wildman–Crippen LogP) is 3.67. The highest BCUT2D eigenvalue weighted by Gasteiger charge is 2.67. The minimum Gasteiger partial charge on any atom is -0.451 e. The number of allylic oxidation sites excluding steroid dienone is 2. The fourth-order valence-electron chi connectivity index (χ4n) is 6.10. The second-order valence-corrected chi connectivity index (χ2v) is 9.49. The molecule has 2 aromatic carbocycles. The third-order valence-electron chi connectivity index (χ3n) is 7.71. The van der Waals surface area contributed by atoms with Crippen LogP contribution in [0.1, 0.15) is 34.1 Å². The average molecular weight is 441 g/mol. The molecule has 7 atom stereocenters. The zero-order valence-electron chi connectivity index (χ0n) is 18.1. The van der Waals surface area contributed by atoms with E-state index >= 15 is 0 Å². The Balaban J connectivity index is 1.22. The van der Waals surface area contributed by atoms with Gasteiger partial charge < -0.3 is 4.74 Å². The van der Waals surface area contributed by atoms with Crippen LogP contribution in [0.5, 0.6) is 0 Å². The Labute approximate surface area is 191 Å². The lowest BCUT2D eigenvalue weighted by Gasteiger charge is -2.37. The number of hydrogen-bond donors (Lipinski definition) is 0. The van der Waals surface area contributed by atoms with E-state index in [9.17, 15) is 19.2 Å². The second kappa shape index (κ2) is 7.24. The van der Waals surface area contributed by atoms with Crippen molar-refractivity contribution in [3.05, 3.63) is 77.9 Å². The van der Waals surface area contributed by atoms with Gasteiger partial charge in [-0.2, -0.15) is 0 Å². The van der Waals surface area contributed by atoms with Crippen LogP contribution in [0.2, 0.25) is 0 Å². The van der Waals surface area contributed by atoms with Crippen LogP contribution in [-0.2, 0) is 14.3 Å². The van der Waals surface area contributed by atoms with Crippen molar-refractivity contribution in [2.45, 2.75) is 19.4 Å². The molecule has 7 rings (SSSR count). The first-order valence-corrected chi connectivity index (χ1v) is 11.4. The summed E-state index contributed by atoms with van der Waals surface area (Å²) in [6.07, 6.45) is 4.41. The van der Waals surface area contributed by atoms with Gasteiger partial charge in [-0.15, -0.1) is 0 Å². The van der Waals surface area contributed by atoms with Gasteiger partial charge in [0.2, 0.25) is 17.6 Å². The smallest absolute Gasteiger partial charge is 0.338 e. The van der Waals surface area contributed by atoms with Crippen LogP contribution in [0.25, 0.3) is 0 Å². The van der Waals surface area contributed by atoms with Crippen molar-refractivity contribution in [2.24, 2.45) is 35.5 Å². The Morgan fingerprint density at radius 2 is 1.48 bits per heavy atom. The van der Waals surface area contributed by atoms with Crippen molar-refractivity contribution in [3.8, 4) is 0 Å². The molecule has 1 heterocycles. The van der Waals surface area contributed by atoms with E-state index in [1.165, 1.54) is 17.9 Å². The number of amides is 2. The van der Waals surface area contributed by atoms with E-state index in [1.54, 1.807) is 48.5 Å². The maximum absolute atomic E-state index is 13.3. The molecule has 0 unspecified atom stereocenters. The fraction of sp³-hybridized carbons (Fsp3) is 0.333. The molecular formula is C27H23NO5. The van der Waals surface area contributed by atoms with Crippen molar-refractivity contribution < 1.29 is 23.9 Å². The molecule has 0 spiro atoms. The molecule has 2 bridgehead atoms. The van der Waals surface area contributed by atoms with Crippen LogP contribution in [-0.4, -0.2) is 29.7 Å². The monoisotopic (exact) mass is 441 g/mol. The van der Waals surface area contributed by atoms with Crippen LogP contribution in [0.15, 0.2) is 66.7 Å². The van der Waals surface area contributed by atoms with Crippen LogP contribution < -0.4 is 4.90 Å². The minimum absolute atomic E-state index is 0.143. The maximum atomic E-state index is 13.3. The summed E-state index contributed by atoms with van der Waals surface area (Å²) in [5.74, 6) is -0.560. The van der Waals surface area contributed by atoms with Gasteiger partial charge in [0, 0.05) is 5.56 Å². The minimum atomic E-state index is -0.963. The Morgan fingerprint density at radius 3 is 2.12 bits per heavy atom. The van der Waals surface area contributed by atoms with E-state index < -0.39 is 12.1 Å². The van der Waals surface area contributed by atoms with E-state index in [0.717, 1.165) is 6.42 Å². The summed E-state index contributed by atoms with van der Waals surface area (Å²) in [7, 11) is 0. The molecule has 0 N–H and O–H groups in total. The predicted molar refractivity (Wildman–Crippen MR) is 119 cm³/mol. The summed E-state index contributed by atoms with van der Waals surface area (Å²) in [6, 6.07) is 15.0. The quantitative estimate of drug-likeness (QED) is 0.306. The average Bonchev–Trinajstić information content (AvgIpc) is 3.62. The molecule has 33 heavy (non-hydrogen) atoms. The lowest BCUT2D eigenvalue weighted by atomic mass is 9.63. The Kier molecular flexibility index (Phi) is 4.41. The number of rotatable bonds is 5. The molecule has 2 aromatic rings. The third-order valence-corrected chi connectivity index (χ3v) is 7.71.